The average Bonchev–Trinajstić information content (AvgIpc) is 3.22. The molecular formula is C19H30N4O3. The van der Waals surface area contributed by atoms with Gasteiger partial charge in [-0.3, -0.25) is 9.59 Å². The number of aromatic amines is 1. The van der Waals surface area contributed by atoms with E-state index in [2.05, 4.69) is 22.2 Å². The lowest BCUT2D eigenvalue weighted by atomic mass is 9.82. The van der Waals surface area contributed by atoms with Gasteiger partial charge in [0, 0.05) is 38.0 Å². The van der Waals surface area contributed by atoms with Gasteiger partial charge in [-0.15, -0.1) is 0 Å². The Balaban J connectivity index is 1.60. The number of nitrogens with zero attached hydrogens (tertiary/aromatic N) is 2. The minimum Gasteiger partial charge on any atom is -0.376 e. The Morgan fingerprint density at radius 1 is 1.31 bits per heavy atom. The van der Waals surface area contributed by atoms with Gasteiger partial charge in [-0.1, -0.05) is 6.92 Å². The normalized spacial score (nSPS) is 26.5. The van der Waals surface area contributed by atoms with Crippen LogP contribution >= 0.6 is 0 Å². The van der Waals surface area contributed by atoms with Crippen LogP contribution in [0.2, 0.25) is 0 Å². The van der Waals surface area contributed by atoms with E-state index in [1.807, 2.05) is 4.90 Å². The minimum atomic E-state index is -0.217. The molecule has 3 rings (SSSR count). The molecule has 0 radical (unpaired) electrons. The summed E-state index contributed by atoms with van der Waals surface area (Å²) in [5.74, 6) is 0.369. The van der Waals surface area contributed by atoms with E-state index in [9.17, 15) is 9.59 Å². The molecule has 2 fully saturated rings. The zero-order valence-electron chi connectivity index (χ0n) is 15.6. The Labute approximate surface area is 154 Å². The van der Waals surface area contributed by atoms with Crippen molar-refractivity contribution in [1.82, 2.24) is 20.2 Å². The molecule has 2 aliphatic rings. The monoisotopic (exact) mass is 362 g/mol. The third kappa shape index (κ3) is 4.63. The van der Waals surface area contributed by atoms with Gasteiger partial charge in [0.25, 0.3) is 5.91 Å². The van der Waals surface area contributed by atoms with E-state index in [0.717, 1.165) is 45.2 Å². The number of likely N-dealkylation sites (tertiary alicyclic amines) is 1. The molecule has 1 aromatic heterocycles. The Morgan fingerprint density at radius 3 is 2.81 bits per heavy atom. The smallest absolute Gasteiger partial charge is 0.287 e. The van der Waals surface area contributed by atoms with Crippen molar-refractivity contribution < 1.29 is 14.3 Å². The molecule has 7 heteroatoms. The molecule has 0 unspecified atom stereocenters. The number of carbonyl (C=O) groups excluding carboxylic acids is 2. The van der Waals surface area contributed by atoms with Crippen LogP contribution in [0.25, 0.3) is 0 Å². The summed E-state index contributed by atoms with van der Waals surface area (Å²) in [7, 11) is 0. The number of imidazole rings is 1. The maximum absolute atomic E-state index is 12.9. The highest BCUT2D eigenvalue weighted by Crippen LogP contribution is 2.29. The van der Waals surface area contributed by atoms with Crippen LogP contribution in [0.3, 0.4) is 0 Å². The first-order chi connectivity index (χ1) is 12.7. The van der Waals surface area contributed by atoms with Crippen molar-refractivity contribution in [2.24, 2.45) is 5.92 Å². The van der Waals surface area contributed by atoms with Crippen molar-refractivity contribution in [3.8, 4) is 0 Å². The van der Waals surface area contributed by atoms with E-state index in [0.29, 0.717) is 18.9 Å². The van der Waals surface area contributed by atoms with Crippen LogP contribution in [0.1, 0.15) is 62.5 Å². The lowest BCUT2D eigenvalue weighted by Gasteiger charge is -2.38. The predicted octanol–water partition coefficient (Wildman–Crippen LogP) is 2.12. The second-order valence-corrected chi connectivity index (χ2v) is 7.32. The first-order valence-electron chi connectivity index (χ1n) is 9.89. The standard InChI is InChI=1S/C19H30N4O3/c1-2-12-26-16-13-14(19(25)23-10-4-3-5-11-23)6-7-15(16)22-18(24)17-20-8-9-21-17/h8-9,14-16H,2-7,10-13H2,1H3,(H,20,21)(H,22,24)/t14-,15+,16+/m0/s1. The third-order valence-corrected chi connectivity index (χ3v) is 5.37. The fourth-order valence-electron chi connectivity index (χ4n) is 3.97. The predicted molar refractivity (Wildman–Crippen MR) is 97.6 cm³/mol. The van der Waals surface area contributed by atoms with Gasteiger partial charge in [0.05, 0.1) is 12.1 Å². The molecule has 1 saturated heterocycles. The van der Waals surface area contributed by atoms with Crippen molar-refractivity contribution in [2.75, 3.05) is 19.7 Å². The Hall–Kier alpha value is -1.89. The Morgan fingerprint density at radius 2 is 2.12 bits per heavy atom. The number of hydrogen-bond donors (Lipinski definition) is 2. The molecule has 2 N–H and O–H groups in total. The first-order valence-corrected chi connectivity index (χ1v) is 9.89. The molecular weight excluding hydrogens is 332 g/mol. The van der Waals surface area contributed by atoms with Gasteiger partial charge in [0.15, 0.2) is 5.82 Å². The van der Waals surface area contributed by atoms with Gasteiger partial charge in [-0.05, 0) is 44.9 Å². The number of nitrogens with one attached hydrogen (secondary N) is 2. The average molecular weight is 362 g/mol. The number of H-pyrrole nitrogens is 1. The number of aromatic nitrogens is 2. The van der Waals surface area contributed by atoms with Crippen LogP contribution < -0.4 is 5.32 Å². The molecule has 2 heterocycles. The fourth-order valence-corrected chi connectivity index (χ4v) is 3.97. The molecule has 1 saturated carbocycles. The summed E-state index contributed by atoms with van der Waals surface area (Å²) in [6, 6.07) is -0.0791. The largest absolute Gasteiger partial charge is 0.376 e. The van der Waals surface area contributed by atoms with E-state index in [-0.39, 0.29) is 29.9 Å². The number of rotatable bonds is 6. The van der Waals surface area contributed by atoms with Crippen LogP contribution in [-0.2, 0) is 9.53 Å². The summed E-state index contributed by atoms with van der Waals surface area (Å²) in [5, 5.41) is 3.04. The quantitative estimate of drug-likeness (QED) is 0.811. The highest BCUT2D eigenvalue weighted by molar-refractivity contribution is 5.90. The van der Waals surface area contributed by atoms with Gasteiger partial charge in [0.1, 0.15) is 0 Å². The van der Waals surface area contributed by atoms with Gasteiger partial charge < -0.3 is 19.9 Å². The lowest BCUT2D eigenvalue weighted by molar-refractivity contribution is -0.140. The molecule has 0 bridgehead atoms. The van der Waals surface area contributed by atoms with Crippen LogP contribution in [0.4, 0.5) is 0 Å². The van der Waals surface area contributed by atoms with Crippen molar-refractivity contribution in [2.45, 2.75) is 64.0 Å². The third-order valence-electron chi connectivity index (χ3n) is 5.37. The molecule has 1 aromatic rings. The molecule has 7 nitrogen and oxygen atoms in total. The summed E-state index contributed by atoms with van der Waals surface area (Å²) in [4.78, 5) is 34.0. The van der Waals surface area contributed by atoms with E-state index in [1.165, 1.54) is 6.42 Å². The van der Waals surface area contributed by atoms with E-state index >= 15 is 0 Å². The Kier molecular flexibility index (Phi) is 6.66. The topological polar surface area (TPSA) is 87.3 Å². The van der Waals surface area contributed by atoms with Crippen molar-refractivity contribution in [1.29, 1.82) is 0 Å². The molecule has 0 spiro atoms. The second kappa shape index (κ2) is 9.16. The van der Waals surface area contributed by atoms with Crippen LogP contribution in [0.5, 0.6) is 0 Å². The molecule has 1 aliphatic carbocycles. The number of carbonyl (C=O) groups is 2. The molecule has 2 amide bonds. The van der Waals surface area contributed by atoms with Crippen LogP contribution in [0.15, 0.2) is 12.4 Å². The van der Waals surface area contributed by atoms with Gasteiger partial charge in [-0.2, -0.15) is 0 Å². The Bertz CT molecular complexity index is 584. The second-order valence-electron chi connectivity index (χ2n) is 7.32. The summed E-state index contributed by atoms with van der Waals surface area (Å²) in [5.41, 5.74) is 0. The fraction of sp³-hybridized carbons (Fsp3) is 0.737. The first kappa shape index (κ1) is 18.9. The molecule has 1 aliphatic heterocycles. The van der Waals surface area contributed by atoms with Gasteiger partial charge >= 0.3 is 0 Å². The van der Waals surface area contributed by atoms with E-state index in [1.54, 1.807) is 12.4 Å². The number of amides is 2. The maximum atomic E-state index is 12.9. The molecule has 144 valence electrons. The lowest BCUT2D eigenvalue weighted by Crippen LogP contribution is -2.51. The summed E-state index contributed by atoms with van der Waals surface area (Å²) in [6.45, 7) is 4.47. The van der Waals surface area contributed by atoms with E-state index < -0.39 is 0 Å². The van der Waals surface area contributed by atoms with Crippen molar-refractivity contribution in [3.63, 3.8) is 0 Å². The maximum Gasteiger partial charge on any atom is 0.287 e. The minimum absolute atomic E-state index is 0.00622. The number of hydrogen-bond acceptors (Lipinski definition) is 4. The summed E-state index contributed by atoms with van der Waals surface area (Å²) >= 11 is 0. The van der Waals surface area contributed by atoms with Gasteiger partial charge in [0.2, 0.25) is 5.91 Å². The highest BCUT2D eigenvalue weighted by atomic mass is 16.5. The van der Waals surface area contributed by atoms with Crippen molar-refractivity contribution in [3.05, 3.63) is 18.2 Å². The van der Waals surface area contributed by atoms with Gasteiger partial charge in [-0.25, -0.2) is 4.98 Å². The number of ether oxygens (including phenoxy) is 1. The highest BCUT2D eigenvalue weighted by Gasteiger charge is 2.37. The molecule has 3 atom stereocenters. The zero-order valence-corrected chi connectivity index (χ0v) is 15.6. The van der Waals surface area contributed by atoms with Crippen LogP contribution in [-0.4, -0.2) is 58.5 Å². The summed E-state index contributed by atoms with van der Waals surface area (Å²) < 4.78 is 6.01. The van der Waals surface area contributed by atoms with E-state index in [4.69, 9.17) is 4.74 Å². The number of piperidine rings is 1. The molecule has 0 aromatic carbocycles. The zero-order chi connectivity index (χ0) is 18.4. The van der Waals surface area contributed by atoms with Crippen LogP contribution in [0, 0.1) is 5.92 Å². The molecule has 26 heavy (non-hydrogen) atoms. The summed E-state index contributed by atoms with van der Waals surface area (Å²) in [6.07, 6.45) is 9.65. The van der Waals surface area contributed by atoms with Crippen molar-refractivity contribution >= 4 is 11.8 Å². The SMILES string of the molecule is CCCO[C@@H]1C[C@@H](C(=O)N2CCCCC2)CC[C@H]1NC(=O)c1ncc[nH]1.